The fraction of sp³-hybridized carbons (Fsp3) is 0.786. The number of ether oxygens (including phenoxy) is 1. The number of methoxy groups -OCH3 is 1. The highest BCUT2D eigenvalue weighted by molar-refractivity contribution is 5.79. The Labute approximate surface area is 127 Å². The molecule has 0 saturated heterocycles. The van der Waals surface area contributed by atoms with E-state index in [1.807, 2.05) is 19.0 Å². The van der Waals surface area contributed by atoms with Gasteiger partial charge in [0.05, 0.1) is 12.6 Å². The molecule has 0 aliphatic heterocycles. The van der Waals surface area contributed by atoms with Gasteiger partial charge in [-0.25, -0.2) is 4.98 Å². The summed E-state index contributed by atoms with van der Waals surface area (Å²) in [7, 11) is 7.37. The Balaban J connectivity index is 2.61. The van der Waals surface area contributed by atoms with E-state index in [0.717, 1.165) is 11.8 Å². The number of aliphatic imine (C=N–C) groups is 1. The average Bonchev–Trinajstić information content (AvgIpc) is 2.78. The van der Waals surface area contributed by atoms with Crippen molar-refractivity contribution >= 4 is 5.96 Å². The Bertz CT molecular complexity index is 462. The second kappa shape index (κ2) is 7.40. The van der Waals surface area contributed by atoms with Gasteiger partial charge in [0, 0.05) is 34.8 Å². The lowest BCUT2D eigenvalue weighted by atomic mass is 9.89. The number of nitrogens with one attached hydrogen (secondary N) is 1. The van der Waals surface area contributed by atoms with E-state index in [1.54, 1.807) is 25.2 Å². The summed E-state index contributed by atoms with van der Waals surface area (Å²) in [5.41, 5.74) is 0.0722. The average molecular weight is 296 g/mol. The van der Waals surface area contributed by atoms with Gasteiger partial charge in [0.1, 0.15) is 12.2 Å². The van der Waals surface area contributed by atoms with Crippen LogP contribution in [0.5, 0.6) is 0 Å². The smallest absolute Gasteiger partial charge is 0.193 e. The predicted octanol–water partition coefficient (Wildman–Crippen LogP) is 0.883. The van der Waals surface area contributed by atoms with Gasteiger partial charge in [-0.15, -0.1) is 0 Å². The van der Waals surface area contributed by atoms with E-state index >= 15 is 0 Å². The number of rotatable bonds is 5. The highest BCUT2D eigenvalue weighted by atomic mass is 16.5. The summed E-state index contributed by atoms with van der Waals surface area (Å²) < 4.78 is 7.31. The summed E-state index contributed by atoms with van der Waals surface area (Å²) in [6.07, 6.45) is 1.66. The molecule has 0 aromatic carbocycles. The zero-order valence-corrected chi connectivity index (χ0v) is 14.2. The van der Waals surface area contributed by atoms with Gasteiger partial charge >= 0.3 is 0 Å². The van der Waals surface area contributed by atoms with Crippen molar-refractivity contribution in [1.29, 1.82) is 0 Å². The van der Waals surface area contributed by atoms with Crippen molar-refractivity contribution in [1.82, 2.24) is 25.0 Å². The number of hydrogen-bond donors (Lipinski definition) is 1. The molecule has 1 atom stereocenters. The van der Waals surface area contributed by atoms with Gasteiger partial charge in [0.15, 0.2) is 5.96 Å². The molecule has 0 spiro atoms. The molecule has 0 saturated carbocycles. The van der Waals surface area contributed by atoms with Crippen LogP contribution < -0.4 is 5.32 Å². The monoisotopic (exact) mass is 296 g/mol. The van der Waals surface area contributed by atoms with E-state index in [0.29, 0.717) is 13.1 Å². The lowest BCUT2D eigenvalue weighted by Gasteiger charge is -2.31. The Morgan fingerprint density at radius 1 is 1.52 bits per heavy atom. The maximum absolute atomic E-state index is 5.55. The highest BCUT2D eigenvalue weighted by Gasteiger charge is 2.24. The molecule has 0 radical (unpaired) electrons. The summed E-state index contributed by atoms with van der Waals surface area (Å²) in [6, 6.07) is 0. The molecule has 0 bridgehead atoms. The van der Waals surface area contributed by atoms with Crippen LogP contribution in [0.2, 0.25) is 0 Å². The van der Waals surface area contributed by atoms with E-state index in [-0.39, 0.29) is 11.5 Å². The maximum atomic E-state index is 5.55. The van der Waals surface area contributed by atoms with Crippen molar-refractivity contribution in [2.24, 2.45) is 17.5 Å². The van der Waals surface area contributed by atoms with Crippen LogP contribution in [0.25, 0.3) is 0 Å². The molecule has 7 nitrogen and oxygen atoms in total. The van der Waals surface area contributed by atoms with Crippen LogP contribution in [0.4, 0.5) is 0 Å². The minimum Gasteiger partial charge on any atom is -0.379 e. The van der Waals surface area contributed by atoms with Crippen molar-refractivity contribution in [2.45, 2.75) is 33.4 Å². The SMILES string of the molecule is CN=C(NCC(OC)C(C)(C)C)N(C)Cc1ncnn1C. The third kappa shape index (κ3) is 5.00. The summed E-state index contributed by atoms with van der Waals surface area (Å²) in [6.45, 7) is 7.83. The Morgan fingerprint density at radius 3 is 2.62 bits per heavy atom. The maximum Gasteiger partial charge on any atom is 0.193 e. The predicted molar refractivity (Wildman–Crippen MR) is 84.1 cm³/mol. The second-order valence-corrected chi connectivity index (χ2v) is 6.17. The Morgan fingerprint density at radius 2 is 2.19 bits per heavy atom. The molecular formula is C14H28N6O. The molecule has 1 unspecified atom stereocenters. The van der Waals surface area contributed by atoms with Gasteiger partial charge in [-0.3, -0.25) is 9.67 Å². The molecule has 0 aliphatic carbocycles. The van der Waals surface area contributed by atoms with Gasteiger partial charge in [-0.2, -0.15) is 5.10 Å². The molecule has 0 fully saturated rings. The number of guanidine groups is 1. The summed E-state index contributed by atoms with van der Waals surface area (Å²) >= 11 is 0. The van der Waals surface area contributed by atoms with Crippen molar-refractivity contribution in [2.75, 3.05) is 27.7 Å². The largest absolute Gasteiger partial charge is 0.379 e. The standard InChI is InChI=1S/C14H28N6O/c1-14(2,3)11(21-7)8-16-13(15-4)19(5)9-12-17-10-18-20(12)6/h10-11H,8-9H2,1-7H3,(H,15,16). The fourth-order valence-electron chi connectivity index (χ4n) is 2.06. The van der Waals surface area contributed by atoms with Gasteiger partial charge in [0.25, 0.3) is 0 Å². The molecule has 7 heteroatoms. The van der Waals surface area contributed by atoms with E-state index in [4.69, 9.17) is 4.74 Å². The molecule has 0 amide bonds. The number of aryl methyl sites for hydroxylation is 1. The number of hydrogen-bond acceptors (Lipinski definition) is 4. The van der Waals surface area contributed by atoms with Crippen LogP contribution in [-0.4, -0.2) is 59.5 Å². The zero-order chi connectivity index (χ0) is 16.0. The molecule has 120 valence electrons. The first-order valence-electron chi connectivity index (χ1n) is 7.07. The lowest BCUT2D eigenvalue weighted by molar-refractivity contribution is 0.0202. The topological polar surface area (TPSA) is 67.6 Å². The van der Waals surface area contributed by atoms with Crippen molar-refractivity contribution in [3.8, 4) is 0 Å². The number of aromatic nitrogens is 3. The van der Waals surface area contributed by atoms with Crippen LogP contribution in [0.1, 0.15) is 26.6 Å². The molecule has 21 heavy (non-hydrogen) atoms. The third-order valence-corrected chi connectivity index (χ3v) is 3.45. The van der Waals surface area contributed by atoms with E-state index in [2.05, 4.69) is 41.2 Å². The molecule has 1 aromatic rings. The first-order chi connectivity index (χ1) is 9.79. The third-order valence-electron chi connectivity index (χ3n) is 3.45. The van der Waals surface area contributed by atoms with Crippen molar-refractivity contribution < 1.29 is 4.74 Å². The van der Waals surface area contributed by atoms with Gasteiger partial charge in [-0.05, 0) is 5.41 Å². The van der Waals surface area contributed by atoms with Crippen LogP contribution >= 0.6 is 0 Å². The molecule has 1 heterocycles. The zero-order valence-electron chi connectivity index (χ0n) is 14.2. The molecule has 1 N–H and O–H groups in total. The first-order valence-corrected chi connectivity index (χ1v) is 7.07. The Kier molecular flexibility index (Phi) is 6.14. The summed E-state index contributed by atoms with van der Waals surface area (Å²) in [4.78, 5) is 10.5. The van der Waals surface area contributed by atoms with E-state index < -0.39 is 0 Å². The quantitative estimate of drug-likeness (QED) is 0.645. The van der Waals surface area contributed by atoms with Gasteiger partial charge in [0.2, 0.25) is 0 Å². The van der Waals surface area contributed by atoms with Crippen LogP contribution in [0, 0.1) is 5.41 Å². The van der Waals surface area contributed by atoms with Gasteiger partial charge < -0.3 is 15.0 Å². The number of nitrogens with zero attached hydrogens (tertiary/aromatic N) is 5. The highest BCUT2D eigenvalue weighted by Crippen LogP contribution is 2.20. The van der Waals surface area contributed by atoms with E-state index in [9.17, 15) is 0 Å². The second-order valence-electron chi connectivity index (χ2n) is 6.17. The normalized spacial score (nSPS) is 14.1. The molecule has 1 rings (SSSR count). The van der Waals surface area contributed by atoms with Crippen molar-refractivity contribution in [3.63, 3.8) is 0 Å². The lowest BCUT2D eigenvalue weighted by Crippen LogP contribution is -2.45. The summed E-state index contributed by atoms with van der Waals surface area (Å²) in [5.74, 6) is 1.70. The minimum atomic E-state index is 0.0722. The van der Waals surface area contributed by atoms with Crippen LogP contribution in [0.15, 0.2) is 11.3 Å². The fourth-order valence-corrected chi connectivity index (χ4v) is 2.06. The molecular weight excluding hydrogens is 268 g/mol. The summed E-state index contributed by atoms with van der Waals surface area (Å²) in [5, 5.41) is 7.43. The van der Waals surface area contributed by atoms with Crippen LogP contribution in [0.3, 0.4) is 0 Å². The van der Waals surface area contributed by atoms with Crippen LogP contribution in [-0.2, 0) is 18.3 Å². The molecule has 0 aliphatic rings. The first kappa shape index (κ1) is 17.4. The van der Waals surface area contributed by atoms with Crippen molar-refractivity contribution in [3.05, 3.63) is 12.2 Å². The van der Waals surface area contributed by atoms with E-state index in [1.165, 1.54) is 0 Å². The Hall–Kier alpha value is -1.63. The van der Waals surface area contributed by atoms with Gasteiger partial charge in [-0.1, -0.05) is 20.8 Å². The minimum absolute atomic E-state index is 0.0722. The molecule has 1 aromatic heterocycles.